The first-order valence-corrected chi connectivity index (χ1v) is 10.0. The van der Waals surface area contributed by atoms with Crippen LogP contribution in [-0.2, 0) is 9.59 Å². The van der Waals surface area contributed by atoms with E-state index in [-0.39, 0.29) is 17.9 Å². The zero-order valence-electron chi connectivity index (χ0n) is 17.4. The lowest BCUT2D eigenvalue weighted by molar-refractivity contribution is -0.126. The van der Waals surface area contributed by atoms with E-state index in [2.05, 4.69) is 15.4 Å². The number of hydrogen-bond acceptors (Lipinski definition) is 7. The Bertz CT molecular complexity index is 926. The fourth-order valence-corrected chi connectivity index (χ4v) is 3.35. The minimum Gasteiger partial charge on any atom is -0.484 e. The molecule has 0 saturated heterocycles. The molecule has 1 aliphatic carbocycles. The summed E-state index contributed by atoms with van der Waals surface area (Å²) < 4.78 is 7.39. The van der Waals surface area contributed by atoms with Gasteiger partial charge in [-0.25, -0.2) is 9.67 Å². The molecule has 2 amide bonds. The average Bonchev–Trinajstić information content (AvgIpc) is 3.25. The summed E-state index contributed by atoms with van der Waals surface area (Å²) in [5.41, 5.74) is 6.38. The maximum atomic E-state index is 12.7. The summed E-state index contributed by atoms with van der Waals surface area (Å²) >= 11 is 0. The number of amides is 2. The smallest absolute Gasteiger partial charge is 0.247 e. The molecule has 0 unspecified atom stereocenters. The molecule has 166 valence electrons. The number of nitrogens with zero attached hydrogens (tertiary/aromatic N) is 3. The third-order valence-corrected chi connectivity index (χ3v) is 4.97. The van der Waals surface area contributed by atoms with Crippen molar-refractivity contribution in [3.05, 3.63) is 48.6 Å². The molecule has 5 N–H and O–H groups in total. The normalized spacial score (nSPS) is 22.0. The van der Waals surface area contributed by atoms with Crippen molar-refractivity contribution in [2.45, 2.75) is 51.0 Å². The number of carbonyl (C=O) groups is 2. The molecular weight excluding hydrogens is 402 g/mol. The van der Waals surface area contributed by atoms with Crippen LogP contribution in [0, 0.1) is 5.92 Å². The number of nitrogens with one attached hydrogen (secondary N) is 1. The lowest BCUT2D eigenvalue weighted by atomic mass is 9.91. The number of rotatable bonds is 8. The summed E-state index contributed by atoms with van der Waals surface area (Å²) in [5.74, 6) is -0.556. The first-order chi connectivity index (χ1) is 14.7. The Kier molecular flexibility index (Phi) is 7.03. The summed E-state index contributed by atoms with van der Waals surface area (Å²) in [7, 11) is 0. The number of ether oxygens (including phenoxy) is 1. The van der Waals surface area contributed by atoms with Crippen LogP contribution >= 0.6 is 0 Å². The molecule has 0 aliphatic heterocycles. The minimum atomic E-state index is -1.21. The van der Waals surface area contributed by atoms with Crippen LogP contribution in [0.4, 0.5) is 0 Å². The number of carbonyl (C=O) groups excluding carboxylic acids is 2. The van der Waals surface area contributed by atoms with E-state index in [0.29, 0.717) is 12.2 Å². The number of benzene rings is 1. The van der Waals surface area contributed by atoms with E-state index < -0.39 is 36.2 Å². The van der Waals surface area contributed by atoms with Gasteiger partial charge in [-0.2, -0.15) is 5.10 Å². The number of aliphatic hydroxyl groups is 2. The molecule has 1 aliphatic rings. The second kappa shape index (κ2) is 9.71. The molecule has 4 atom stereocenters. The van der Waals surface area contributed by atoms with Crippen LogP contribution in [0.3, 0.4) is 0 Å². The van der Waals surface area contributed by atoms with Crippen LogP contribution < -0.4 is 15.8 Å². The first-order valence-electron chi connectivity index (χ1n) is 10.0. The van der Waals surface area contributed by atoms with Crippen molar-refractivity contribution in [3.8, 4) is 11.4 Å². The third kappa shape index (κ3) is 5.68. The third-order valence-electron chi connectivity index (χ3n) is 4.97. The highest BCUT2D eigenvalue weighted by Crippen LogP contribution is 2.25. The number of aliphatic hydroxyl groups excluding tert-OH is 2. The first kappa shape index (κ1) is 22.4. The quantitative estimate of drug-likeness (QED) is 0.464. The fourth-order valence-electron chi connectivity index (χ4n) is 3.35. The van der Waals surface area contributed by atoms with Crippen LogP contribution in [0.5, 0.6) is 5.75 Å². The van der Waals surface area contributed by atoms with E-state index in [0.717, 1.165) is 5.69 Å². The van der Waals surface area contributed by atoms with Crippen molar-refractivity contribution >= 4 is 11.8 Å². The van der Waals surface area contributed by atoms with Crippen LogP contribution in [0.15, 0.2) is 48.6 Å². The molecule has 2 aromatic rings. The van der Waals surface area contributed by atoms with Gasteiger partial charge in [-0.05, 0) is 42.7 Å². The lowest BCUT2D eigenvalue weighted by Crippen LogP contribution is -2.49. The van der Waals surface area contributed by atoms with Crippen molar-refractivity contribution < 1.29 is 24.5 Å². The van der Waals surface area contributed by atoms with Gasteiger partial charge in [0, 0.05) is 12.0 Å². The summed E-state index contributed by atoms with van der Waals surface area (Å²) in [6.07, 6.45) is 1.43. The van der Waals surface area contributed by atoms with E-state index in [1.807, 2.05) is 13.8 Å². The number of hydrogen-bond donors (Lipinski definition) is 4. The minimum absolute atomic E-state index is 0.0642. The molecule has 1 aromatic heterocycles. The molecule has 0 saturated carbocycles. The van der Waals surface area contributed by atoms with Gasteiger partial charge in [0.15, 0.2) is 0 Å². The second-order valence-electron chi connectivity index (χ2n) is 7.93. The maximum absolute atomic E-state index is 12.7. The topological polar surface area (TPSA) is 153 Å². The molecular formula is C21H27N5O5. The number of nitrogens with two attached hydrogens (primary N) is 1. The highest BCUT2D eigenvalue weighted by atomic mass is 16.5. The van der Waals surface area contributed by atoms with Gasteiger partial charge in [0.2, 0.25) is 11.8 Å². The largest absolute Gasteiger partial charge is 0.484 e. The van der Waals surface area contributed by atoms with Gasteiger partial charge < -0.3 is 26.0 Å². The fraction of sp³-hybridized carbons (Fsp3) is 0.429. The van der Waals surface area contributed by atoms with Crippen molar-refractivity contribution in [1.29, 1.82) is 0 Å². The number of aromatic nitrogens is 3. The van der Waals surface area contributed by atoms with E-state index in [1.54, 1.807) is 35.3 Å². The summed E-state index contributed by atoms with van der Waals surface area (Å²) in [6.45, 7) is 3.83. The van der Waals surface area contributed by atoms with Crippen LogP contribution in [0.25, 0.3) is 5.69 Å². The summed E-state index contributed by atoms with van der Waals surface area (Å²) in [4.78, 5) is 28.2. The summed E-state index contributed by atoms with van der Waals surface area (Å²) in [6, 6.07) is 6.07. The molecule has 0 bridgehead atoms. The zero-order chi connectivity index (χ0) is 22.5. The van der Waals surface area contributed by atoms with Crippen molar-refractivity contribution in [2.75, 3.05) is 0 Å². The van der Waals surface area contributed by atoms with Crippen molar-refractivity contribution in [3.63, 3.8) is 0 Å². The highest BCUT2D eigenvalue weighted by Gasteiger charge is 2.35. The predicted molar refractivity (Wildman–Crippen MR) is 111 cm³/mol. The Morgan fingerprint density at radius 2 is 2.00 bits per heavy atom. The maximum Gasteiger partial charge on any atom is 0.247 e. The van der Waals surface area contributed by atoms with Crippen molar-refractivity contribution in [2.24, 2.45) is 11.7 Å². The average molecular weight is 429 g/mol. The molecule has 10 heteroatoms. The van der Waals surface area contributed by atoms with Gasteiger partial charge >= 0.3 is 0 Å². The lowest BCUT2D eigenvalue weighted by Gasteiger charge is -2.31. The molecule has 0 spiro atoms. The Balaban J connectivity index is 1.73. The van der Waals surface area contributed by atoms with Gasteiger partial charge in [-0.15, -0.1) is 0 Å². The van der Waals surface area contributed by atoms with Gasteiger partial charge in [-0.3, -0.25) is 9.59 Å². The Morgan fingerprint density at radius 1 is 1.29 bits per heavy atom. The highest BCUT2D eigenvalue weighted by molar-refractivity contribution is 5.97. The molecule has 1 aromatic carbocycles. The van der Waals surface area contributed by atoms with Gasteiger partial charge in [0.25, 0.3) is 0 Å². The van der Waals surface area contributed by atoms with E-state index >= 15 is 0 Å². The van der Waals surface area contributed by atoms with Gasteiger partial charge in [0.1, 0.15) is 36.7 Å². The Morgan fingerprint density at radius 3 is 2.58 bits per heavy atom. The SMILES string of the molecule is CC(C)C[C@@H](NC(=O)C1=C[C@@H](Oc2ccc(-n3cncn3)cc2)[C@H](O)[C@H](O)C1)C(N)=O. The molecule has 1 heterocycles. The molecule has 31 heavy (non-hydrogen) atoms. The molecule has 10 nitrogen and oxygen atoms in total. The molecule has 0 fully saturated rings. The molecule has 3 rings (SSSR count). The van der Waals surface area contributed by atoms with Crippen molar-refractivity contribution in [1.82, 2.24) is 20.1 Å². The summed E-state index contributed by atoms with van der Waals surface area (Å²) in [5, 5.41) is 27.2. The molecule has 0 radical (unpaired) electrons. The van der Waals surface area contributed by atoms with Crippen LogP contribution in [0.2, 0.25) is 0 Å². The standard InChI is InChI=1S/C21H27N5O5/c1-12(2)7-16(20(22)29)25-21(30)13-8-17(27)19(28)18(9-13)31-15-5-3-14(4-6-15)26-11-23-10-24-26/h3-6,9-12,16-19,27-28H,7-8H2,1-2H3,(H2,22,29)(H,25,30)/t16-,17-,18-,19-/m1/s1. The van der Waals surface area contributed by atoms with E-state index in [9.17, 15) is 19.8 Å². The van der Waals surface area contributed by atoms with Crippen LogP contribution in [-0.4, -0.2) is 61.1 Å². The zero-order valence-corrected chi connectivity index (χ0v) is 17.4. The van der Waals surface area contributed by atoms with Gasteiger partial charge in [0.05, 0.1) is 11.8 Å². The monoisotopic (exact) mass is 429 g/mol. The predicted octanol–water partition coefficient (Wildman–Crippen LogP) is 0.0828. The van der Waals surface area contributed by atoms with Crippen LogP contribution in [0.1, 0.15) is 26.7 Å². The Labute approximate surface area is 179 Å². The Hall–Kier alpha value is -3.24. The second-order valence-corrected chi connectivity index (χ2v) is 7.93. The van der Waals surface area contributed by atoms with E-state index in [4.69, 9.17) is 10.5 Å². The van der Waals surface area contributed by atoms with E-state index in [1.165, 1.54) is 12.4 Å². The van der Waals surface area contributed by atoms with Gasteiger partial charge in [-0.1, -0.05) is 13.8 Å². The number of primary amides is 1.